The van der Waals surface area contributed by atoms with Crippen LogP contribution in [0.4, 0.5) is 0 Å². The van der Waals surface area contributed by atoms with Gasteiger partial charge in [-0.15, -0.1) is 12.4 Å². The zero-order chi connectivity index (χ0) is 13.7. The topological polar surface area (TPSA) is 84.2 Å². The molecule has 0 amide bonds. The number of hydrogen-bond donors (Lipinski definition) is 2. The van der Waals surface area contributed by atoms with Crippen LogP contribution in [0.15, 0.2) is 28.8 Å². The Hall–Kier alpha value is -1.15. The first-order valence-corrected chi connectivity index (χ1v) is 7.79. The molecule has 2 aromatic rings. The third kappa shape index (κ3) is 4.45. The number of likely N-dealkylation sites (N-methyl/N-ethyl adjacent to an activating group) is 1. The third-order valence-corrected chi connectivity index (χ3v) is 3.95. The Labute approximate surface area is 124 Å². The first-order valence-electron chi connectivity index (χ1n) is 6.14. The van der Waals surface area contributed by atoms with Gasteiger partial charge in [0.1, 0.15) is 11.4 Å². The van der Waals surface area contributed by atoms with Crippen molar-refractivity contribution in [2.24, 2.45) is 0 Å². The van der Waals surface area contributed by atoms with E-state index in [1.54, 1.807) is 12.1 Å². The Balaban J connectivity index is 0.00000200. The molecule has 1 heterocycles. The van der Waals surface area contributed by atoms with Gasteiger partial charge in [0.15, 0.2) is 5.58 Å². The first kappa shape index (κ1) is 16.9. The van der Waals surface area contributed by atoms with Gasteiger partial charge in [-0.05, 0) is 18.7 Å². The molecule has 2 rings (SSSR count). The van der Waals surface area contributed by atoms with E-state index in [4.69, 9.17) is 4.52 Å². The number of fused-ring (bicyclic) bond motifs is 1. The van der Waals surface area contributed by atoms with Crippen molar-refractivity contribution in [2.75, 3.05) is 19.6 Å². The highest BCUT2D eigenvalue weighted by Gasteiger charge is 2.16. The number of aromatic nitrogens is 1. The SMILES string of the molecule is CCNCCNS(=O)(=O)Cc1noc2ccccc12.Cl. The van der Waals surface area contributed by atoms with Crippen molar-refractivity contribution in [2.45, 2.75) is 12.7 Å². The lowest BCUT2D eigenvalue weighted by molar-refractivity contribution is 0.448. The average molecular weight is 320 g/mol. The molecule has 8 heteroatoms. The van der Waals surface area contributed by atoms with Crippen LogP contribution in [0.25, 0.3) is 11.0 Å². The molecule has 0 aliphatic carbocycles. The highest BCUT2D eigenvalue weighted by Crippen LogP contribution is 2.19. The second-order valence-corrected chi connectivity index (χ2v) is 5.94. The van der Waals surface area contributed by atoms with Crippen LogP contribution in [0.1, 0.15) is 12.6 Å². The summed E-state index contributed by atoms with van der Waals surface area (Å²) in [5.74, 6) is -0.170. The number of nitrogens with zero attached hydrogens (tertiary/aromatic N) is 1. The molecular weight excluding hydrogens is 302 g/mol. The normalized spacial score (nSPS) is 11.4. The van der Waals surface area contributed by atoms with E-state index in [0.717, 1.165) is 11.9 Å². The summed E-state index contributed by atoms with van der Waals surface area (Å²) in [6, 6.07) is 7.21. The summed E-state index contributed by atoms with van der Waals surface area (Å²) < 4.78 is 31.4. The maximum Gasteiger partial charge on any atom is 0.217 e. The molecular formula is C12H18ClN3O3S. The van der Waals surface area contributed by atoms with Gasteiger partial charge >= 0.3 is 0 Å². The Bertz CT molecular complexity index is 642. The summed E-state index contributed by atoms with van der Waals surface area (Å²) in [5.41, 5.74) is 1.03. The number of benzene rings is 1. The van der Waals surface area contributed by atoms with E-state index in [1.807, 2.05) is 19.1 Å². The molecule has 0 fully saturated rings. The smallest absolute Gasteiger partial charge is 0.217 e. The van der Waals surface area contributed by atoms with Crippen LogP contribution in [-0.4, -0.2) is 33.2 Å². The number of hydrogen-bond acceptors (Lipinski definition) is 5. The van der Waals surface area contributed by atoms with Crippen molar-refractivity contribution in [1.82, 2.24) is 15.2 Å². The quantitative estimate of drug-likeness (QED) is 0.751. The van der Waals surface area contributed by atoms with E-state index in [1.165, 1.54) is 0 Å². The molecule has 20 heavy (non-hydrogen) atoms. The summed E-state index contributed by atoms with van der Waals surface area (Å²) in [6.07, 6.45) is 0. The minimum Gasteiger partial charge on any atom is -0.356 e. The van der Waals surface area contributed by atoms with E-state index < -0.39 is 10.0 Å². The third-order valence-electron chi connectivity index (χ3n) is 2.65. The molecule has 0 bridgehead atoms. The first-order chi connectivity index (χ1) is 9.12. The summed E-state index contributed by atoms with van der Waals surface area (Å²) in [7, 11) is -3.39. The van der Waals surface area contributed by atoms with Crippen LogP contribution in [0, 0.1) is 0 Å². The Morgan fingerprint density at radius 2 is 2.00 bits per heavy atom. The van der Waals surface area contributed by atoms with Gasteiger partial charge in [0.2, 0.25) is 10.0 Å². The maximum atomic E-state index is 11.9. The largest absolute Gasteiger partial charge is 0.356 e. The summed E-state index contributed by atoms with van der Waals surface area (Å²) in [4.78, 5) is 0. The second kappa shape index (κ2) is 7.58. The fraction of sp³-hybridized carbons (Fsp3) is 0.417. The van der Waals surface area contributed by atoms with Gasteiger partial charge in [-0.3, -0.25) is 0 Å². The van der Waals surface area contributed by atoms with Gasteiger partial charge in [-0.25, -0.2) is 13.1 Å². The van der Waals surface area contributed by atoms with Gasteiger partial charge in [0.25, 0.3) is 0 Å². The van der Waals surface area contributed by atoms with Crippen LogP contribution in [0.3, 0.4) is 0 Å². The van der Waals surface area contributed by atoms with Crippen LogP contribution in [0.2, 0.25) is 0 Å². The standard InChI is InChI=1S/C12H17N3O3S.ClH/c1-2-13-7-8-14-19(16,17)9-11-10-5-3-4-6-12(10)18-15-11;/h3-6,13-14H,2,7-9H2,1H3;1H. The maximum absolute atomic E-state index is 11.9. The van der Waals surface area contributed by atoms with E-state index in [-0.39, 0.29) is 18.2 Å². The molecule has 0 atom stereocenters. The predicted molar refractivity (Wildman–Crippen MR) is 80.4 cm³/mol. The van der Waals surface area contributed by atoms with Crippen molar-refractivity contribution in [3.63, 3.8) is 0 Å². The molecule has 0 unspecified atom stereocenters. The van der Waals surface area contributed by atoms with Crippen LogP contribution >= 0.6 is 12.4 Å². The van der Waals surface area contributed by atoms with Crippen molar-refractivity contribution in [3.8, 4) is 0 Å². The van der Waals surface area contributed by atoms with Crippen LogP contribution < -0.4 is 10.0 Å². The Kier molecular flexibility index (Phi) is 6.41. The zero-order valence-electron chi connectivity index (χ0n) is 11.1. The zero-order valence-corrected chi connectivity index (χ0v) is 12.8. The van der Waals surface area contributed by atoms with Gasteiger partial charge in [0, 0.05) is 18.5 Å². The minimum atomic E-state index is -3.39. The molecule has 112 valence electrons. The Morgan fingerprint density at radius 1 is 1.25 bits per heavy atom. The number of sulfonamides is 1. The molecule has 1 aromatic heterocycles. The molecule has 2 N–H and O–H groups in total. The highest BCUT2D eigenvalue weighted by molar-refractivity contribution is 7.88. The van der Waals surface area contributed by atoms with Gasteiger partial charge in [-0.1, -0.05) is 24.2 Å². The second-order valence-electron chi connectivity index (χ2n) is 4.13. The van der Waals surface area contributed by atoms with Gasteiger partial charge in [-0.2, -0.15) is 0 Å². The summed E-state index contributed by atoms with van der Waals surface area (Å²) >= 11 is 0. The summed E-state index contributed by atoms with van der Waals surface area (Å²) in [5, 5.41) is 7.60. The van der Waals surface area contributed by atoms with Crippen molar-refractivity contribution in [1.29, 1.82) is 0 Å². The van der Waals surface area contributed by atoms with Gasteiger partial charge < -0.3 is 9.84 Å². The van der Waals surface area contributed by atoms with Crippen LogP contribution in [-0.2, 0) is 15.8 Å². The highest BCUT2D eigenvalue weighted by atomic mass is 35.5. The van der Waals surface area contributed by atoms with Crippen molar-refractivity contribution in [3.05, 3.63) is 30.0 Å². The minimum absolute atomic E-state index is 0. The van der Waals surface area contributed by atoms with E-state index >= 15 is 0 Å². The molecule has 0 saturated carbocycles. The van der Waals surface area contributed by atoms with Crippen molar-refractivity contribution >= 4 is 33.4 Å². The monoisotopic (exact) mass is 319 g/mol. The van der Waals surface area contributed by atoms with E-state index in [0.29, 0.717) is 24.4 Å². The molecule has 6 nitrogen and oxygen atoms in total. The number of nitrogens with one attached hydrogen (secondary N) is 2. The van der Waals surface area contributed by atoms with E-state index in [2.05, 4.69) is 15.2 Å². The van der Waals surface area contributed by atoms with Gasteiger partial charge in [0.05, 0.1) is 0 Å². The number of halogens is 1. The molecule has 0 aliphatic rings. The lowest BCUT2D eigenvalue weighted by Crippen LogP contribution is -2.32. The van der Waals surface area contributed by atoms with Crippen molar-refractivity contribution < 1.29 is 12.9 Å². The fourth-order valence-electron chi connectivity index (χ4n) is 1.74. The lowest BCUT2D eigenvalue weighted by Gasteiger charge is -2.05. The number of rotatable bonds is 7. The Morgan fingerprint density at radius 3 is 2.75 bits per heavy atom. The predicted octanol–water partition coefficient (Wildman–Crippen LogP) is 1.28. The average Bonchev–Trinajstić information content (AvgIpc) is 2.78. The molecule has 0 radical (unpaired) electrons. The molecule has 0 spiro atoms. The van der Waals surface area contributed by atoms with Crippen LogP contribution in [0.5, 0.6) is 0 Å². The summed E-state index contributed by atoms with van der Waals surface area (Å²) in [6.45, 7) is 3.76. The fourth-order valence-corrected chi connectivity index (χ4v) is 2.83. The number of para-hydroxylation sites is 1. The lowest BCUT2D eigenvalue weighted by atomic mass is 10.2. The molecule has 1 aromatic carbocycles. The molecule has 0 saturated heterocycles. The van der Waals surface area contributed by atoms with E-state index in [9.17, 15) is 8.42 Å². The molecule has 0 aliphatic heterocycles.